The van der Waals surface area contributed by atoms with Crippen LogP contribution in [0.5, 0.6) is 17.2 Å². The fourth-order valence-electron chi connectivity index (χ4n) is 1.59. The Kier molecular flexibility index (Phi) is 6.38. The first-order valence-corrected chi connectivity index (χ1v) is 7.98. The number of sulfonamides is 1. The lowest BCUT2D eigenvalue weighted by atomic mass is 10.1. The van der Waals surface area contributed by atoms with Crippen LogP contribution in [0.1, 0.15) is 5.56 Å². The second-order valence-corrected chi connectivity index (χ2v) is 6.15. The number of halogens is 1. The van der Waals surface area contributed by atoms with Crippen LogP contribution in [-0.2, 0) is 16.6 Å². The second-order valence-electron chi connectivity index (χ2n) is 3.85. The van der Waals surface area contributed by atoms with Crippen molar-refractivity contribution in [2.24, 2.45) is 0 Å². The molecule has 0 spiro atoms. The first-order chi connectivity index (χ1) is 9.47. The predicted octanol–water partition coefficient (Wildman–Crippen LogP) is 1.37. The van der Waals surface area contributed by atoms with E-state index in [1.54, 1.807) is 12.1 Å². The zero-order chi connectivity index (χ0) is 15.2. The normalized spacial score (nSPS) is 11.2. The molecule has 0 aromatic heterocycles. The van der Waals surface area contributed by atoms with Gasteiger partial charge in [0.2, 0.25) is 10.0 Å². The number of methoxy groups -OCH3 is 3. The Bertz CT molecular complexity index is 547. The van der Waals surface area contributed by atoms with E-state index < -0.39 is 10.0 Å². The molecule has 114 valence electrons. The number of hydrogen-bond acceptors (Lipinski definition) is 5. The number of benzene rings is 1. The summed E-state index contributed by atoms with van der Waals surface area (Å²) >= 11 is 5.43. The lowest BCUT2D eigenvalue weighted by Crippen LogP contribution is -2.26. The Hall–Kier alpha value is -1.18. The molecule has 0 unspecified atom stereocenters. The molecule has 20 heavy (non-hydrogen) atoms. The van der Waals surface area contributed by atoms with E-state index in [1.807, 2.05) is 0 Å². The van der Waals surface area contributed by atoms with Gasteiger partial charge in [-0.05, 0) is 6.07 Å². The van der Waals surface area contributed by atoms with Crippen molar-refractivity contribution in [1.29, 1.82) is 0 Å². The van der Waals surface area contributed by atoms with Crippen LogP contribution < -0.4 is 18.9 Å². The summed E-state index contributed by atoms with van der Waals surface area (Å²) in [6.07, 6.45) is 0. The first-order valence-electron chi connectivity index (χ1n) is 5.79. The van der Waals surface area contributed by atoms with E-state index >= 15 is 0 Å². The molecule has 0 saturated carbocycles. The monoisotopic (exact) mass is 323 g/mol. The zero-order valence-electron chi connectivity index (χ0n) is 11.6. The fraction of sp³-hybridized carbons (Fsp3) is 0.500. The molecule has 0 aliphatic rings. The van der Waals surface area contributed by atoms with Crippen molar-refractivity contribution in [1.82, 2.24) is 4.72 Å². The quantitative estimate of drug-likeness (QED) is 0.731. The van der Waals surface area contributed by atoms with Crippen molar-refractivity contribution in [2.45, 2.75) is 6.54 Å². The summed E-state index contributed by atoms with van der Waals surface area (Å²) < 4.78 is 41.2. The molecule has 0 fully saturated rings. The molecule has 0 aliphatic carbocycles. The minimum atomic E-state index is -3.40. The highest BCUT2D eigenvalue weighted by Crippen LogP contribution is 2.34. The maximum atomic E-state index is 11.6. The van der Waals surface area contributed by atoms with Crippen molar-refractivity contribution in [3.8, 4) is 17.2 Å². The molecule has 8 heteroatoms. The number of hydrogen-bond donors (Lipinski definition) is 1. The maximum absolute atomic E-state index is 11.6. The smallest absolute Gasteiger partial charge is 0.213 e. The standard InChI is InChI=1S/C12H18ClNO5S/c1-17-10-7-12(19-3)11(18-2)6-9(10)8-14-20(15,16)5-4-13/h6-7,14H,4-5,8H2,1-3H3. The molecule has 1 aromatic carbocycles. The Morgan fingerprint density at radius 2 is 1.60 bits per heavy atom. The van der Waals surface area contributed by atoms with Crippen molar-refractivity contribution >= 4 is 21.6 Å². The van der Waals surface area contributed by atoms with E-state index in [4.69, 9.17) is 25.8 Å². The van der Waals surface area contributed by atoms with Crippen molar-refractivity contribution < 1.29 is 22.6 Å². The third-order valence-electron chi connectivity index (χ3n) is 2.62. The van der Waals surface area contributed by atoms with E-state index in [1.165, 1.54) is 21.3 Å². The molecule has 0 radical (unpaired) electrons. The molecular weight excluding hydrogens is 306 g/mol. The van der Waals surface area contributed by atoms with Crippen LogP contribution in [0.4, 0.5) is 0 Å². The van der Waals surface area contributed by atoms with Crippen molar-refractivity contribution in [3.05, 3.63) is 17.7 Å². The van der Waals surface area contributed by atoms with Gasteiger partial charge in [-0.1, -0.05) is 0 Å². The molecular formula is C12H18ClNO5S. The average Bonchev–Trinajstić information content (AvgIpc) is 2.44. The molecule has 0 atom stereocenters. The summed E-state index contributed by atoms with van der Waals surface area (Å²) in [5.74, 6) is 1.43. The van der Waals surface area contributed by atoms with Gasteiger partial charge in [0.25, 0.3) is 0 Å². The number of nitrogens with one attached hydrogen (secondary N) is 1. The third kappa shape index (κ3) is 4.43. The summed E-state index contributed by atoms with van der Waals surface area (Å²) in [6.45, 7) is 0.0861. The molecule has 1 N–H and O–H groups in total. The highest BCUT2D eigenvalue weighted by Gasteiger charge is 2.14. The lowest BCUT2D eigenvalue weighted by molar-refractivity contribution is 0.347. The minimum absolute atomic E-state index is 0.0401. The molecule has 0 aliphatic heterocycles. The van der Waals surface area contributed by atoms with E-state index in [-0.39, 0.29) is 18.2 Å². The zero-order valence-corrected chi connectivity index (χ0v) is 13.2. The highest BCUT2D eigenvalue weighted by molar-refractivity contribution is 7.89. The molecule has 6 nitrogen and oxygen atoms in total. The van der Waals surface area contributed by atoms with E-state index in [2.05, 4.69) is 4.72 Å². The molecule has 0 amide bonds. The van der Waals surface area contributed by atoms with E-state index in [0.717, 1.165) is 0 Å². The van der Waals surface area contributed by atoms with Gasteiger partial charge in [0, 0.05) is 24.1 Å². The van der Waals surface area contributed by atoms with Crippen molar-refractivity contribution in [3.63, 3.8) is 0 Å². The number of ether oxygens (including phenoxy) is 3. The molecule has 0 heterocycles. The maximum Gasteiger partial charge on any atom is 0.213 e. The topological polar surface area (TPSA) is 73.9 Å². The van der Waals surface area contributed by atoms with Crippen LogP contribution in [0.25, 0.3) is 0 Å². The van der Waals surface area contributed by atoms with Crippen LogP contribution in [0.15, 0.2) is 12.1 Å². The van der Waals surface area contributed by atoms with Gasteiger partial charge < -0.3 is 14.2 Å². The summed E-state index contributed by atoms with van der Waals surface area (Å²) in [6, 6.07) is 3.31. The van der Waals surface area contributed by atoms with Gasteiger partial charge in [-0.25, -0.2) is 13.1 Å². The van der Waals surface area contributed by atoms with Crippen LogP contribution in [0.3, 0.4) is 0 Å². The fourth-order valence-corrected chi connectivity index (χ4v) is 2.92. The summed E-state index contributed by atoms with van der Waals surface area (Å²) in [5, 5.41) is 0. The second kappa shape index (κ2) is 7.56. The van der Waals surface area contributed by atoms with Crippen LogP contribution >= 0.6 is 11.6 Å². The summed E-state index contributed by atoms with van der Waals surface area (Å²) in [4.78, 5) is 0. The lowest BCUT2D eigenvalue weighted by Gasteiger charge is -2.14. The Morgan fingerprint density at radius 1 is 1.05 bits per heavy atom. The third-order valence-corrected chi connectivity index (χ3v) is 4.35. The largest absolute Gasteiger partial charge is 0.496 e. The first kappa shape index (κ1) is 16.9. The Morgan fingerprint density at radius 3 is 2.10 bits per heavy atom. The predicted molar refractivity (Wildman–Crippen MR) is 77.4 cm³/mol. The van der Waals surface area contributed by atoms with Gasteiger partial charge in [-0.2, -0.15) is 0 Å². The van der Waals surface area contributed by atoms with Crippen LogP contribution in [-0.4, -0.2) is 41.4 Å². The van der Waals surface area contributed by atoms with Crippen molar-refractivity contribution in [2.75, 3.05) is 33.0 Å². The van der Waals surface area contributed by atoms with Gasteiger partial charge in [0.05, 0.1) is 27.1 Å². The number of rotatable bonds is 8. The molecule has 0 saturated heterocycles. The molecule has 0 bridgehead atoms. The SMILES string of the molecule is COc1cc(OC)c(OC)cc1CNS(=O)(=O)CCCl. The van der Waals surface area contributed by atoms with Gasteiger partial charge in [-0.3, -0.25) is 0 Å². The van der Waals surface area contributed by atoms with E-state index in [0.29, 0.717) is 22.8 Å². The summed E-state index contributed by atoms with van der Waals surface area (Å²) in [5.41, 5.74) is 0.642. The summed E-state index contributed by atoms with van der Waals surface area (Å²) in [7, 11) is 1.12. The van der Waals surface area contributed by atoms with Gasteiger partial charge in [0.15, 0.2) is 11.5 Å². The minimum Gasteiger partial charge on any atom is -0.496 e. The van der Waals surface area contributed by atoms with E-state index in [9.17, 15) is 8.42 Å². The molecule has 1 rings (SSSR count). The Balaban J connectivity index is 2.99. The average molecular weight is 324 g/mol. The highest BCUT2D eigenvalue weighted by atomic mass is 35.5. The van der Waals surface area contributed by atoms with Gasteiger partial charge in [-0.15, -0.1) is 11.6 Å². The van der Waals surface area contributed by atoms with Gasteiger partial charge in [0.1, 0.15) is 5.75 Å². The van der Waals surface area contributed by atoms with Crippen LogP contribution in [0.2, 0.25) is 0 Å². The Labute approximate surface area is 124 Å². The van der Waals surface area contributed by atoms with Crippen LogP contribution in [0, 0.1) is 0 Å². The number of alkyl halides is 1. The van der Waals surface area contributed by atoms with Gasteiger partial charge >= 0.3 is 0 Å². The molecule has 1 aromatic rings.